The third kappa shape index (κ3) is 7.27. The second-order valence-corrected chi connectivity index (χ2v) is 6.51. The maximum Gasteiger partial charge on any atom is 0.408 e. The molecule has 2 aromatic carbocycles. The topological polar surface area (TPSA) is 125 Å². The van der Waals surface area contributed by atoms with Gasteiger partial charge in [-0.05, 0) is 18.1 Å². The zero-order valence-corrected chi connectivity index (χ0v) is 15.9. The number of rotatable bonds is 9. The average Bonchev–Trinajstić information content (AvgIpc) is 2.71. The number of nitrogens with one attached hydrogen (secondary N) is 2. The molecule has 0 saturated heterocycles. The number of carbonyl (C=O) groups excluding carboxylic acids is 2. The Bertz CT molecular complexity index is 810. The van der Waals surface area contributed by atoms with E-state index in [9.17, 15) is 24.6 Å². The molecule has 4 N–H and O–H groups in total. The van der Waals surface area contributed by atoms with Crippen molar-refractivity contribution in [3.63, 3.8) is 0 Å². The molecule has 3 atom stereocenters. The highest BCUT2D eigenvalue weighted by molar-refractivity contribution is 5.89. The lowest BCUT2D eigenvalue weighted by molar-refractivity contribution is -0.142. The van der Waals surface area contributed by atoms with Gasteiger partial charge in [0.1, 0.15) is 18.7 Å². The van der Waals surface area contributed by atoms with Crippen LogP contribution < -0.4 is 10.6 Å². The summed E-state index contributed by atoms with van der Waals surface area (Å²) in [5, 5.41) is 23.9. The highest BCUT2D eigenvalue weighted by Crippen LogP contribution is 2.05. The maximum absolute atomic E-state index is 12.5. The van der Waals surface area contributed by atoms with Gasteiger partial charge in [-0.25, -0.2) is 9.59 Å². The predicted octanol–water partition coefficient (Wildman–Crippen LogP) is 1.47. The first-order valence-electron chi connectivity index (χ1n) is 9.09. The minimum Gasteiger partial charge on any atom is -0.480 e. The van der Waals surface area contributed by atoms with Crippen LogP contribution in [0, 0.1) is 0 Å². The number of carboxylic acid groups (broad SMARTS) is 1. The molecule has 0 aliphatic rings. The molecule has 0 bridgehead atoms. The molecule has 2 rings (SSSR count). The second kappa shape index (κ2) is 10.8. The van der Waals surface area contributed by atoms with Gasteiger partial charge in [0.25, 0.3) is 0 Å². The molecule has 8 nitrogen and oxygen atoms in total. The van der Waals surface area contributed by atoms with Gasteiger partial charge in [-0.15, -0.1) is 0 Å². The van der Waals surface area contributed by atoms with Crippen molar-refractivity contribution in [2.75, 3.05) is 0 Å². The van der Waals surface area contributed by atoms with E-state index in [4.69, 9.17) is 4.74 Å². The van der Waals surface area contributed by atoms with E-state index in [0.717, 1.165) is 11.1 Å². The summed E-state index contributed by atoms with van der Waals surface area (Å²) in [5.74, 6) is -2.04. The molecule has 0 aliphatic heterocycles. The van der Waals surface area contributed by atoms with Crippen LogP contribution in [0.2, 0.25) is 0 Å². The number of amides is 2. The number of aliphatic carboxylic acids is 1. The van der Waals surface area contributed by atoms with Gasteiger partial charge in [0.05, 0.1) is 6.10 Å². The summed E-state index contributed by atoms with van der Waals surface area (Å²) in [7, 11) is 0. The van der Waals surface area contributed by atoms with Gasteiger partial charge in [0.2, 0.25) is 5.91 Å². The molecule has 0 heterocycles. The Kier molecular flexibility index (Phi) is 8.17. The Labute approximate surface area is 168 Å². The Morgan fingerprint density at radius 1 is 0.931 bits per heavy atom. The van der Waals surface area contributed by atoms with Gasteiger partial charge in [-0.3, -0.25) is 4.79 Å². The van der Waals surface area contributed by atoms with Gasteiger partial charge in [-0.2, -0.15) is 0 Å². The van der Waals surface area contributed by atoms with E-state index in [0.29, 0.717) is 0 Å². The zero-order chi connectivity index (χ0) is 21.2. The van der Waals surface area contributed by atoms with Crippen LogP contribution >= 0.6 is 0 Å². The number of aliphatic hydroxyl groups excluding tert-OH is 1. The van der Waals surface area contributed by atoms with Crippen molar-refractivity contribution in [3.8, 4) is 0 Å². The van der Waals surface area contributed by atoms with Crippen LogP contribution in [0.4, 0.5) is 4.79 Å². The monoisotopic (exact) mass is 400 g/mol. The molecule has 29 heavy (non-hydrogen) atoms. The lowest BCUT2D eigenvalue weighted by atomic mass is 10.0. The summed E-state index contributed by atoms with van der Waals surface area (Å²) in [6.45, 7) is 1.31. The highest BCUT2D eigenvalue weighted by Gasteiger charge is 2.30. The van der Waals surface area contributed by atoms with E-state index in [2.05, 4.69) is 10.6 Å². The number of carbonyl (C=O) groups is 3. The molecule has 0 aliphatic carbocycles. The lowest BCUT2D eigenvalue weighted by Crippen LogP contribution is -2.56. The number of ether oxygens (including phenoxy) is 1. The summed E-state index contributed by atoms with van der Waals surface area (Å²) >= 11 is 0. The van der Waals surface area contributed by atoms with Gasteiger partial charge >= 0.3 is 12.1 Å². The van der Waals surface area contributed by atoms with Crippen molar-refractivity contribution in [2.45, 2.75) is 38.1 Å². The summed E-state index contributed by atoms with van der Waals surface area (Å²) < 4.78 is 5.05. The molecule has 0 aromatic heterocycles. The van der Waals surface area contributed by atoms with Crippen molar-refractivity contribution in [1.29, 1.82) is 0 Å². The van der Waals surface area contributed by atoms with Crippen LogP contribution in [-0.4, -0.2) is 46.4 Å². The first kappa shape index (κ1) is 21.9. The second-order valence-electron chi connectivity index (χ2n) is 6.51. The number of alkyl carbamates (subject to hydrolysis) is 1. The van der Waals surface area contributed by atoms with E-state index >= 15 is 0 Å². The molecule has 0 fully saturated rings. The summed E-state index contributed by atoms with van der Waals surface area (Å²) in [4.78, 5) is 36.0. The number of benzene rings is 2. The minimum absolute atomic E-state index is 0.00736. The molecule has 0 spiro atoms. The first-order chi connectivity index (χ1) is 13.9. The van der Waals surface area contributed by atoms with Crippen molar-refractivity contribution in [1.82, 2.24) is 10.6 Å². The van der Waals surface area contributed by atoms with E-state index in [1.807, 2.05) is 6.07 Å². The number of aliphatic hydroxyl groups is 1. The minimum atomic E-state index is -1.36. The fraction of sp³-hybridized carbons (Fsp3) is 0.286. The fourth-order valence-electron chi connectivity index (χ4n) is 2.61. The van der Waals surface area contributed by atoms with Crippen LogP contribution in [-0.2, 0) is 27.4 Å². The van der Waals surface area contributed by atoms with Crippen molar-refractivity contribution in [2.24, 2.45) is 0 Å². The van der Waals surface area contributed by atoms with Gasteiger partial charge < -0.3 is 25.6 Å². The van der Waals surface area contributed by atoms with E-state index in [1.54, 1.807) is 54.6 Å². The number of carboxylic acids is 1. The molecule has 0 unspecified atom stereocenters. The Morgan fingerprint density at radius 2 is 1.48 bits per heavy atom. The zero-order valence-electron chi connectivity index (χ0n) is 15.9. The summed E-state index contributed by atoms with van der Waals surface area (Å²) in [6, 6.07) is 15.2. The van der Waals surface area contributed by atoms with Crippen LogP contribution in [0.5, 0.6) is 0 Å². The van der Waals surface area contributed by atoms with Gasteiger partial charge in [0, 0.05) is 6.42 Å². The van der Waals surface area contributed by atoms with Crippen LogP contribution in [0.1, 0.15) is 18.1 Å². The first-order valence-corrected chi connectivity index (χ1v) is 9.09. The highest BCUT2D eigenvalue weighted by atomic mass is 16.5. The summed E-state index contributed by atoms with van der Waals surface area (Å²) in [5.41, 5.74) is 1.48. The normalized spacial score (nSPS) is 13.6. The van der Waals surface area contributed by atoms with E-state index < -0.39 is 36.2 Å². The van der Waals surface area contributed by atoms with E-state index in [-0.39, 0.29) is 13.0 Å². The molecule has 8 heteroatoms. The smallest absolute Gasteiger partial charge is 0.408 e. The molecular formula is C21H24N2O6. The summed E-state index contributed by atoms with van der Waals surface area (Å²) in [6.07, 6.45) is -2.09. The third-order valence-corrected chi connectivity index (χ3v) is 4.15. The number of hydrogen-bond acceptors (Lipinski definition) is 5. The maximum atomic E-state index is 12.5. The predicted molar refractivity (Wildman–Crippen MR) is 105 cm³/mol. The third-order valence-electron chi connectivity index (χ3n) is 4.15. The lowest BCUT2D eigenvalue weighted by Gasteiger charge is -2.23. The standard InChI is InChI=1S/C21H24N2O6/c1-14(24)18(23-21(28)29-13-16-10-6-3-7-11-16)19(25)22-17(20(26)27)12-15-8-4-2-5-9-15/h2-11,14,17-18,24H,12-13H2,1H3,(H,22,25)(H,23,28)(H,26,27)/t14-,17-,18+/m0/s1. The molecule has 2 aromatic rings. The largest absolute Gasteiger partial charge is 0.480 e. The average molecular weight is 400 g/mol. The van der Waals surface area contributed by atoms with Gasteiger partial charge in [-0.1, -0.05) is 60.7 Å². The molecular weight excluding hydrogens is 376 g/mol. The van der Waals surface area contributed by atoms with Crippen molar-refractivity contribution in [3.05, 3.63) is 71.8 Å². The fourth-order valence-corrected chi connectivity index (χ4v) is 2.61. The Morgan fingerprint density at radius 3 is 2.00 bits per heavy atom. The van der Waals surface area contributed by atoms with Crippen molar-refractivity contribution < 1.29 is 29.3 Å². The quantitative estimate of drug-likeness (QED) is 0.505. The molecule has 0 radical (unpaired) electrons. The van der Waals surface area contributed by atoms with Crippen LogP contribution in [0.15, 0.2) is 60.7 Å². The van der Waals surface area contributed by atoms with Gasteiger partial charge in [0.15, 0.2) is 0 Å². The number of hydrogen-bond donors (Lipinski definition) is 4. The molecule has 2 amide bonds. The van der Waals surface area contributed by atoms with Crippen LogP contribution in [0.25, 0.3) is 0 Å². The molecule has 0 saturated carbocycles. The van der Waals surface area contributed by atoms with Crippen LogP contribution in [0.3, 0.4) is 0 Å². The molecule has 154 valence electrons. The van der Waals surface area contributed by atoms with Crippen molar-refractivity contribution >= 4 is 18.0 Å². The Balaban J connectivity index is 1.96. The SMILES string of the molecule is C[C@H](O)[C@@H](NC(=O)OCc1ccccc1)C(=O)N[C@@H](Cc1ccccc1)C(=O)O. The van der Waals surface area contributed by atoms with E-state index in [1.165, 1.54) is 6.92 Å². The Hall–Kier alpha value is -3.39.